The van der Waals surface area contributed by atoms with Crippen LogP contribution in [0.3, 0.4) is 0 Å². The molecule has 0 bridgehead atoms. The number of benzene rings is 2. The first-order valence-corrected chi connectivity index (χ1v) is 13.1. The monoisotopic (exact) mass is 541 g/mol. The number of β-amino-alcohol motifs (C(OH)–C–C–N with tert-alkyl or cyclic N) is 1. The van der Waals surface area contributed by atoms with Crippen molar-refractivity contribution >= 4 is 11.6 Å². The van der Waals surface area contributed by atoms with Gasteiger partial charge in [-0.25, -0.2) is 0 Å². The fourth-order valence-electron chi connectivity index (χ4n) is 5.95. The van der Waals surface area contributed by atoms with E-state index in [9.17, 15) is 23.1 Å². The number of rotatable bonds is 6. The maximum absolute atomic E-state index is 14.2. The number of aliphatic hydroxyl groups is 1. The zero-order valence-corrected chi connectivity index (χ0v) is 21.6. The molecule has 11 heteroatoms. The number of carbonyl (C=O) groups is 1. The quantitative estimate of drug-likeness (QED) is 0.515. The molecule has 0 aliphatic carbocycles. The van der Waals surface area contributed by atoms with Crippen LogP contribution in [-0.4, -0.2) is 63.1 Å². The van der Waals surface area contributed by atoms with E-state index in [0.29, 0.717) is 50.4 Å². The van der Waals surface area contributed by atoms with Gasteiger partial charge in [0.15, 0.2) is 0 Å². The Balaban J connectivity index is 1.31. The molecule has 2 fully saturated rings. The number of piperidine rings is 1. The van der Waals surface area contributed by atoms with E-state index in [1.165, 1.54) is 4.90 Å². The smallest absolute Gasteiger partial charge is 0.392 e. The number of likely N-dealkylation sites (tertiary alicyclic amines) is 1. The van der Waals surface area contributed by atoms with Crippen LogP contribution in [0.25, 0.3) is 0 Å². The van der Waals surface area contributed by atoms with Crippen molar-refractivity contribution in [2.75, 3.05) is 31.2 Å². The Morgan fingerprint density at radius 1 is 1.21 bits per heavy atom. The molecule has 3 aliphatic rings. The number of ether oxygens (including phenoxy) is 1. The van der Waals surface area contributed by atoms with Crippen molar-refractivity contribution in [2.45, 2.75) is 50.0 Å². The van der Waals surface area contributed by atoms with Crippen LogP contribution in [0.1, 0.15) is 51.3 Å². The Hall–Kier alpha value is -3.28. The van der Waals surface area contributed by atoms with E-state index >= 15 is 0 Å². The summed E-state index contributed by atoms with van der Waals surface area (Å²) < 4.78 is 50.0. The van der Waals surface area contributed by atoms with Crippen molar-refractivity contribution in [2.24, 2.45) is 7.05 Å². The van der Waals surface area contributed by atoms with Crippen molar-refractivity contribution in [1.29, 1.82) is 0 Å². The van der Waals surface area contributed by atoms with Gasteiger partial charge in [-0.1, -0.05) is 12.1 Å². The molecule has 2 aromatic carbocycles. The number of nitrogens with zero attached hydrogens (tertiary/aromatic N) is 5. The summed E-state index contributed by atoms with van der Waals surface area (Å²) in [5, 5.41) is 18.1. The fraction of sp³-hybridized carbons (Fsp3) is 0.464. The van der Waals surface area contributed by atoms with Gasteiger partial charge in [-0.3, -0.25) is 9.69 Å². The van der Waals surface area contributed by atoms with Crippen molar-refractivity contribution in [1.82, 2.24) is 19.7 Å². The minimum absolute atomic E-state index is 0.00103. The first-order chi connectivity index (χ1) is 18.6. The Kier molecular flexibility index (Phi) is 6.47. The lowest BCUT2D eigenvalue weighted by molar-refractivity contribution is -0.138. The van der Waals surface area contributed by atoms with Crippen LogP contribution in [-0.2, 0) is 42.9 Å². The molecule has 39 heavy (non-hydrogen) atoms. The van der Waals surface area contributed by atoms with Gasteiger partial charge in [-0.15, -0.1) is 10.2 Å². The summed E-state index contributed by atoms with van der Waals surface area (Å²) in [5.74, 6) is 0.359. The van der Waals surface area contributed by atoms with Gasteiger partial charge in [0.05, 0.1) is 31.4 Å². The molecule has 4 heterocycles. The Bertz CT molecular complexity index is 1400. The molecule has 8 nitrogen and oxygen atoms in total. The van der Waals surface area contributed by atoms with Crippen molar-refractivity contribution < 1.29 is 27.8 Å². The van der Waals surface area contributed by atoms with Crippen molar-refractivity contribution in [3.63, 3.8) is 0 Å². The van der Waals surface area contributed by atoms with Crippen LogP contribution in [0, 0.1) is 0 Å². The van der Waals surface area contributed by atoms with Gasteiger partial charge >= 0.3 is 6.18 Å². The zero-order valence-electron chi connectivity index (χ0n) is 21.6. The van der Waals surface area contributed by atoms with Gasteiger partial charge < -0.3 is 19.3 Å². The number of carbonyl (C=O) groups excluding carboxylic acids is 1. The molecular formula is C28H30F3N5O3. The molecular weight excluding hydrogens is 511 g/mol. The summed E-state index contributed by atoms with van der Waals surface area (Å²) in [6.45, 7) is 2.16. The number of aromatic nitrogens is 3. The van der Waals surface area contributed by atoms with Crippen molar-refractivity contribution in [3.8, 4) is 0 Å². The van der Waals surface area contributed by atoms with E-state index in [2.05, 4.69) is 10.2 Å². The van der Waals surface area contributed by atoms with Gasteiger partial charge in [-0.05, 0) is 60.3 Å². The normalized spacial score (nSPS) is 21.2. The summed E-state index contributed by atoms with van der Waals surface area (Å²) in [6.07, 6.45) is -1.38. The minimum atomic E-state index is -4.59. The number of aliphatic hydroxyl groups excluding tert-OH is 1. The summed E-state index contributed by atoms with van der Waals surface area (Å²) >= 11 is 0. The predicted molar refractivity (Wildman–Crippen MR) is 136 cm³/mol. The second-order valence-electron chi connectivity index (χ2n) is 10.9. The van der Waals surface area contributed by atoms with Gasteiger partial charge in [0.1, 0.15) is 12.2 Å². The molecule has 3 aliphatic heterocycles. The molecule has 6 rings (SSSR count). The number of hydrogen-bond acceptors (Lipinski definition) is 6. The molecule has 2 saturated heterocycles. The van der Waals surface area contributed by atoms with Crippen LogP contribution in [0.5, 0.6) is 0 Å². The third-order valence-corrected chi connectivity index (χ3v) is 8.12. The first kappa shape index (κ1) is 26.0. The highest BCUT2D eigenvalue weighted by molar-refractivity contribution is 6.10. The molecule has 1 aromatic heterocycles. The summed E-state index contributed by atoms with van der Waals surface area (Å²) in [7, 11) is 1.87. The topological polar surface area (TPSA) is 83.7 Å². The number of aryl methyl sites for hydroxylation is 1. The highest BCUT2D eigenvalue weighted by atomic mass is 19.4. The van der Waals surface area contributed by atoms with Crippen LogP contribution in [0.4, 0.5) is 18.9 Å². The van der Waals surface area contributed by atoms with Gasteiger partial charge in [0, 0.05) is 43.2 Å². The minimum Gasteiger partial charge on any atom is -0.392 e. The molecule has 3 aromatic rings. The molecule has 206 valence electrons. The van der Waals surface area contributed by atoms with Gasteiger partial charge in [0.2, 0.25) is 0 Å². The maximum atomic E-state index is 14.2. The number of alkyl halides is 3. The fourth-order valence-corrected chi connectivity index (χ4v) is 5.95. The number of fused-ring (bicyclic) bond motifs is 1. The van der Waals surface area contributed by atoms with Gasteiger partial charge in [-0.2, -0.15) is 13.2 Å². The molecule has 1 N–H and O–H groups in total. The second-order valence-corrected chi connectivity index (χ2v) is 10.9. The van der Waals surface area contributed by atoms with E-state index in [0.717, 1.165) is 23.9 Å². The van der Waals surface area contributed by atoms with E-state index in [1.54, 1.807) is 18.5 Å². The van der Waals surface area contributed by atoms with Crippen LogP contribution in [0.15, 0.2) is 42.7 Å². The lowest BCUT2D eigenvalue weighted by Crippen LogP contribution is -2.49. The number of halogens is 3. The number of hydrogen-bond donors (Lipinski definition) is 1. The number of anilines is 1. The molecule has 1 unspecified atom stereocenters. The molecule has 0 radical (unpaired) electrons. The van der Waals surface area contributed by atoms with Crippen LogP contribution < -0.4 is 4.90 Å². The SMILES string of the molecule is Cn1cnnc1CC1(c2cccc(N3Cc4c(cc(CN5CCCC(O)C5)cc4C(F)(F)F)C3=O)c2)COC1. The first-order valence-electron chi connectivity index (χ1n) is 13.1. The van der Waals surface area contributed by atoms with E-state index in [1.807, 2.05) is 34.7 Å². The number of amides is 1. The largest absolute Gasteiger partial charge is 0.416 e. The van der Waals surface area contributed by atoms with E-state index in [4.69, 9.17) is 4.74 Å². The predicted octanol–water partition coefficient (Wildman–Crippen LogP) is 3.46. The molecule has 0 spiro atoms. The van der Waals surface area contributed by atoms with Crippen LogP contribution in [0.2, 0.25) is 0 Å². The van der Waals surface area contributed by atoms with E-state index in [-0.39, 0.29) is 29.6 Å². The second kappa shape index (κ2) is 9.72. The van der Waals surface area contributed by atoms with Gasteiger partial charge in [0.25, 0.3) is 5.91 Å². The average Bonchev–Trinajstić information content (AvgIpc) is 3.43. The highest BCUT2D eigenvalue weighted by Gasteiger charge is 2.43. The maximum Gasteiger partial charge on any atom is 0.416 e. The Morgan fingerprint density at radius 3 is 2.69 bits per heavy atom. The van der Waals surface area contributed by atoms with Crippen LogP contribution >= 0.6 is 0 Å². The third-order valence-electron chi connectivity index (χ3n) is 8.12. The summed E-state index contributed by atoms with van der Waals surface area (Å²) in [4.78, 5) is 16.9. The lowest BCUT2D eigenvalue weighted by atomic mass is 9.75. The summed E-state index contributed by atoms with van der Waals surface area (Å²) in [6, 6.07) is 10.2. The molecule has 1 atom stereocenters. The highest BCUT2D eigenvalue weighted by Crippen LogP contribution is 2.41. The Labute approximate surface area is 224 Å². The molecule has 1 amide bonds. The summed E-state index contributed by atoms with van der Waals surface area (Å²) in [5.41, 5.74) is 0.879. The Morgan fingerprint density at radius 2 is 2.03 bits per heavy atom. The third kappa shape index (κ3) is 4.83. The zero-order chi connectivity index (χ0) is 27.4. The lowest BCUT2D eigenvalue weighted by Gasteiger charge is -2.42. The molecule has 0 saturated carbocycles. The average molecular weight is 542 g/mol. The standard InChI is InChI=1S/C28H30F3N5O3/c1-34-17-32-33-25(34)11-27(15-39-16-27)19-4-2-5-20(10-19)36-14-23-22(26(36)38)8-18(9-24(23)28(29,30)31)12-35-7-3-6-21(37)13-35/h2,4-5,8-10,17,21,37H,3,6-7,11-16H2,1H3. The van der Waals surface area contributed by atoms with E-state index < -0.39 is 23.8 Å². The van der Waals surface area contributed by atoms with Crippen molar-refractivity contribution in [3.05, 3.63) is 76.4 Å².